The van der Waals surface area contributed by atoms with E-state index in [1.807, 2.05) is 29.2 Å². The lowest BCUT2D eigenvalue weighted by Crippen LogP contribution is -2.53. The first-order valence-electron chi connectivity index (χ1n) is 8.13. The molecule has 2 aromatic rings. The molecule has 1 saturated heterocycles. The second kappa shape index (κ2) is 7.49. The number of carbonyl (C=O) groups is 1. The van der Waals surface area contributed by atoms with E-state index in [9.17, 15) is 4.79 Å². The second-order valence-electron chi connectivity index (χ2n) is 6.17. The molecule has 1 amide bonds. The van der Waals surface area contributed by atoms with Crippen molar-refractivity contribution in [3.8, 4) is 0 Å². The van der Waals surface area contributed by atoms with Gasteiger partial charge in [-0.1, -0.05) is 0 Å². The normalized spacial score (nSPS) is 21.4. The highest BCUT2D eigenvalue weighted by Crippen LogP contribution is 2.26. The monoisotopic (exact) mass is 328 g/mol. The molecule has 0 bridgehead atoms. The fourth-order valence-corrected chi connectivity index (χ4v) is 3.00. The number of carbonyl (C=O) groups excluding carboxylic acids is 1. The Kier molecular flexibility index (Phi) is 5.15. The summed E-state index contributed by atoms with van der Waals surface area (Å²) in [5, 5.41) is 2.72. The van der Waals surface area contributed by atoms with E-state index in [-0.39, 0.29) is 13.0 Å². The molecule has 2 aromatic heterocycles. The van der Waals surface area contributed by atoms with Gasteiger partial charge in [-0.25, -0.2) is 4.39 Å². The molecule has 1 aliphatic rings. The highest BCUT2D eigenvalue weighted by Gasteiger charge is 2.42. The molecule has 0 aliphatic carbocycles. The van der Waals surface area contributed by atoms with Crippen molar-refractivity contribution in [2.24, 2.45) is 0 Å². The van der Waals surface area contributed by atoms with E-state index in [4.69, 9.17) is 0 Å². The van der Waals surface area contributed by atoms with E-state index in [0.29, 0.717) is 19.5 Å². The van der Waals surface area contributed by atoms with Gasteiger partial charge < -0.3 is 5.32 Å². The number of hydrogen-bond donors (Lipinski definition) is 1. The molecular formula is C18H21FN4O. The highest BCUT2D eigenvalue weighted by atomic mass is 19.1. The van der Waals surface area contributed by atoms with Crippen LogP contribution in [0, 0.1) is 0 Å². The Morgan fingerprint density at radius 3 is 2.42 bits per heavy atom. The van der Waals surface area contributed by atoms with Crippen LogP contribution in [0.3, 0.4) is 0 Å². The predicted octanol–water partition coefficient (Wildman–Crippen LogP) is 2.10. The number of nitrogens with zero attached hydrogens (tertiary/aromatic N) is 3. The summed E-state index contributed by atoms with van der Waals surface area (Å²) in [6, 6.07) is 7.44. The SMILES string of the molecule is O=C(NCc1ccncc1)C1(F)CCCN(Cc2ccncc2)C1. The van der Waals surface area contributed by atoms with E-state index in [0.717, 1.165) is 17.7 Å². The van der Waals surface area contributed by atoms with Gasteiger partial charge in [-0.3, -0.25) is 19.7 Å². The molecule has 0 saturated carbocycles. The fraction of sp³-hybridized carbons (Fsp3) is 0.389. The zero-order valence-electron chi connectivity index (χ0n) is 13.5. The summed E-state index contributed by atoms with van der Waals surface area (Å²) in [4.78, 5) is 22.3. The quantitative estimate of drug-likeness (QED) is 0.913. The molecular weight excluding hydrogens is 307 g/mol. The molecule has 5 nitrogen and oxygen atoms in total. The van der Waals surface area contributed by atoms with Crippen LogP contribution in [0.1, 0.15) is 24.0 Å². The molecule has 1 aliphatic heterocycles. The van der Waals surface area contributed by atoms with Crippen molar-refractivity contribution in [3.63, 3.8) is 0 Å². The molecule has 24 heavy (non-hydrogen) atoms. The minimum atomic E-state index is -1.84. The largest absolute Gasteiger partial charge is 0.349 e. The smallest absolute Gasteiger partial charge is 0.259 e. The topological polar surface area (TPSA) is 58.1 Å². The molecule has 6 heteroatoms. The first kappa shape index (κ1) is 16.5. The van der Waals surface area contributed by atoms with E-state index >= 15 is 4.39 Å². The van der Waals surface area contributed by atoms with Crippen LogP contribution in [0.4, 0.5) is 4.39 Å². The number of rotatable bonds is 5. The van der Waals surface area contributed by atoms with Crippen LogP contribution in [0.2, 0.25) is 0 Å². The van der Waals surface area contributed by atoms with Gasteiger partial charge >= 0.3 is 0 Å². The van der Waals surface area contributed by atoms with Crippen LogP contribution in [0.15, 0.2) is 49.1 Å². The maximum absolute atomic E-state index is 15.1. The van der Waals surface area contributed by atoms with Crippen molar-refractivity contribution in [2.75, 3.05) is 13.1 Å². The lowest BCUT2D eigenvalue weighted by molar-refractivity contribution is -0.137. The van der Waals surface area contributed by atoms with Crippen molar-refractivity contribution in [1.82, 2.24) is 20.2 Å². The molecule has 0 aromatic carbocycles. The number of hydrogen-bond acceptors (Lipinski definition) is 4. The first-order valence-corrected chi connectivity index (χ1v) is 8.13. The van der Waals surface area contributed by atoms with Crippen molar-refractivity contribution in [2.45, 2.75) is 31.6 Å². The van der Waals surface area contributed by atoms with Gasteiger partial charge in [-0.15, -0.1) is 0 Å². The van der Waals surface area contributed by atoms with Gasteiger partial charge in [-0.05, 0) is 54.8 Å². The summed E-state index contributed by atoms with van der Waals surface area (Å²) < 4.78 is 15.1. The molecule has 1 unspecified atom stereocenters. The molecule has 0 radical (unpaired) electrons. The fourth-order valence-electron chi connectivity index (χ4n) is 3.00. The van der Waals surface area contributed by atoms with Crippen molar-refractivity contribution >= 4 is 5.91 Å². The van der Waals surface area contributed by atoms with E-state index in [1.54, 1.807) is 24.8 Å². The third-order valence-corrected chi connectivity index (χ3v) is 4.29. The molecule has 1 atom stereocenters. The lowest BCUT2D eigenvalue weighted by Gasteiger charge is -2.36. The van der Waals surface area contributed by atoms with Crippen LogP contribution >= 0.6 is 0 Å². The number of likely N-dealkylation sites (tertiary alicyclic amines) is 1. The van der Waals surface area contributed by atoms with Gasteiger partial charge in [0.05, 0.1) is 0 Å². The minimum absolute atomic E-state index is 0.123. The molecule has 3 heterocycles. The van der Waals surface area contributed by atoms with Gasteiger partial charge in [-0.2, -0.15) is 0 Å². The van der Waals surface area contributed by atoms with Crippen LogP contribution < -0.4 is 5.32 Å². The number of nitrogens with one attached hydrogen (secondary N) is 1. The average molecular weight is 328 g/mol. The standard InChI is InChI=1S/C18H21FN4O/c19-18(17(24)22-12-15-2-7-20-8-3-15)6-1-11-23(14-18)13-16-4-9-21-10-5-16/h2-5,7-10H,1,6,11-14H2,(H,22,24). The lowest BCUT2D eigenvalue weighted by atomic mass is 9.93. The average Bonchev–Trinajstić information content (AvgIpc) is 2.61. The van der Waals surface area contributed by atoms with Crippen molar-refractivity contribution < 1.29 is 9.18 Å². The number of pyridine rings is 2. The number of amides is 1. The summed E-state index contributed by atoms with van der Waals surface area (Å²) in [5.74, 6) is -0.529. The summed E-state index contributed by atoms with van der Waals surface area (Å²) >= 11 is 0. The van der Waals surface area contributed by atoms with E-state index in [2.05, 4.69) is 15.3 Å². The van der Waals surface area contributed by atoms with Crippen molar-refractivity contribution in [1.29, 1.82) is 0 Å². The van der Waals surface area contributed by atoms with Gasteiger partial charge in [0.15, 0.2) is 0 Å². The van der Waals surface area contributed by atoms with Gasteiger partial charge in [0.25, 0.3) is 5.91 Å². The summed E-state index contributed by atoms with van der Waals surface area (Å²) in [5.41, 5.74) is 0.149. The summed E-state index contributed by atoms with van der Waals surface area (Å²) in [6.07, 6.45) is 7.70. The molecule has 1 N–H and O–H groups in total. The number of halogens is 1. The van der Waals surface area contributed by atoms with Gasteiger partial charge in [0.2, 0.25) is 5.67 Å². The van der Waals surface area contributed by atoms with Crippen LogP contribution in [-0.2, 0) is 17.9 Å². The van der Waals surface area contributed by atoms with Crippen LogP contribution in [0.25, 0.3) is 0 Å². The van der Waals surface area contributed by atoms with Crippen LogP contribution in [-0.4, -0.2) is 39.5 Å². The zero-order chi connectivity index (χ0) is 16.8. The maximum atomic E-state index is 15.1. The Hall–Kier alpha value is -2.34. The third kappa shape index (κ3) is 4.14. The Balaban J connectivity index is 1.58. The van der Waals surface area contributed by atoms with Crippen LogP contribution in [0.5, 0.6) is 0 Å². The summed E-state index contributed by atoms with van der Waals surface area (Å²) in [7, 11) is 0. The molecule has 0 spiro atoms. The second-order valence-corrected chi connectivity index (χ2v) is 6.17. The predicted molar refractivity (Wildman–Crippen MR) is 88.7 cm³/mol. The van der Waals surface area contributed by atoms with Crippen molar-refractivity contribution in [3.05, 3.63) is 60.2 Å². The number of piperidine rings is 1. The maximum Gasteiger partial charge on any atom is 0.259 e. The highest BCUT2D eigenvalue weighted by molar-refractivity contribution is 5.85. The number of alkyl halides is 1. The van der Waals surface area contributed by atoms with Gasteiger partial charge in [0, 0.05) is 44.4 Å². The summed E-state index contributed by atoms with van der Waals surface area (Å²) in [6.45, 7) is 1.87. The van der Waals surface area contributed by atoms with E-state index in [1.165, 1.54) is 0 Å². The molecule has 126 valence electrons. The Bertz CT molecular complexity index is 667. The Morgan fingerprint density at radius 1 is 1.12 bits per heavy atom. The Morgan fingerprint density at radius 2 is 1.75 bits per heavy atom. The number of aromatic nitrogens is 2. The third-order valence-electron chi connectivity index (χ3n) is 4.29. The Labute approximate surface area is 140 Å². The molecule has 1 fully saturated rings. The zero-order valence-corrected chi connectivity index (χ0v) is 13.5. The first-order chi connectivity index (χ1) is 11.7. The molecule has 3 rings (SSSR count). The minimum Gasteiger partial charge on any atom is -0.349 e. The van der Waals surface area contributed by atoms with Gasteiger partial charge in [0.1, 0.15) is 0 Å². The van der Waals surface area contributed by atoms with E-state index < -0.39 is 11.6 Å².